The maximum atomic E-state index is 12.8. The lowest BCUT2D eigenvalue weighted by atomic mass is 9.71. The number of rotatable bonds is 6. The van der Waals surface area contributed by atoms with Gasteiger partial charge in [-0.25, -0.2) is 4.98 Å². The fraction of sp³-hybridized carbons (Fsp3) is 0.500. The summed E-state index contributed by atoms with van der Waals surface area (Å²) in [5, 5.41) is 1.11. The molecule has 2 aromatic rings. The monoisotopic (exact) mass is 461 g/mol. The summed E-state index contributed by atoms with van der Waals surface area (Å²) in [5.74, 6) is 0.827. The van der Waals surface area contributed by atoms with Crippen LogP contribution in [0.5, 0.6) is 0 Å². The largest absolute Gasteiger partial charge is 0.381 e. The summed E-state index contributed by atoms with van der Waals surface area (Å²) < 4.78 is 5.52. The molecule has 0 spiro atoms. The van der Waals surface area contributed by atoms with Gasteiger partial charge in [-0.2, -0.15) is 0 Å². The molecule has 2 aliphatic rings. The Morgan fingerprint density at radius 2 is 1.97 bits per heavy atom. The molecule has 7 heteroatoms. The molecule has 5 nitrogen and oxygen atoms in total. The number of aromatic nitrogens is 1. The molecule has 0 N–H and O–H groups in total. The van der Waals surface area contributed by atoms with Crippen molar-refractivity contribution in [2.75, 3.05) is 38.2 Å². The van der Waals surface area contributed by atoms with Crippen molar-refractivity contribution >= 4 is 34.9 Å². The summed E-state index contributed by atoms with van der Waals surface area (Å²) in [5.41, 5.74) is 0.944. The Bertz CT molecular complexity index is 903. The highest BCUT2D eigenvalue weighted by Gasteiger charge is 2.41. The van der Waals surface area contributed by atoms with Crippen molar-refractivity contribution in [1.29, 1.82) is 0 Å². The third kappa shape index (κ3) is 5.06. The molecule has 1 aromatic carbocycles. The van der Waals surface area contributed by atoms with Gasteiger partial charge in [-0.05, 0) is 62.1 Å². The number of amides is 1. The number of anilines is 1. The minimum absolute atomic E-state index is 0.121. The number of hydrogen-bond acceptors (Lipinski definition) is 4. The highest BCUT2D eigenvalue weighted by atomic mass is 35.5. The van der Waals surface area contributed by atoms with Gasteiger partial charge < -0.3 is 9.64 Å². The van der Waals surface area contributed by atoms with Crippen LogP contribution in [0.2, 0.25) is 10.0 Å². The average Bonchev–Trinajstić information content (AvgIpc) is 2.81. The molecule has 2 aliphatic heterocycles. The van der Waals surface area contributed by atoms with Crippen LogP contribution in [0, 0.1) is 0 Å². The van der Waals surface area contributed by atoms with Gasteiger partial charge in [-0.15, -0.1) is 0 Å². The molecule has 0 saturated carbocycles. The van der Waals surface area contributed by atoms with E-state index in [-0.39, 0.29) is 11.3 Å². The minimum Gasteiger partial charge on any atom is -0.381 e. The van der Waals surface area contributed by atoms with Crippen molar-refractivity contribution in [2.45, 2.75) is 43.6 Å². The maximum Gasteiger partial charge on any atom is 0.228 e. The zero-order chi connectivity index (χ0) is 21.8. The summed E-state index contributed by atoms with van der Waals surface area (Å²) >= 11 is 12.6. The van der Waals surface area contributed by atoms with Gasteiger partial charge in [-0.3, -0.25) is 9.69 Å². The molecule has 0 aliphatic carbocycles. The van der Waals surface area contributed by atoms with Crippen LogP contribution in [0.15, 0.2) is 42.6 Å². The number of halogens is 2. The van der Waals surface area contributed by atoms with E-state index >= 15 is 0 Å². The van der Waals surface area contributed by atoms with Gasteiger partial charge in [-0.1, -0.05) is 35.3 Å². The van der Waals surface area contributed by atoms with Crippen LogP contribution >= 0.6 is 23.2 Å². The highest BCUT2D eigenvalue weighted by molar-refractivity contribution is 6.42. The Balaban J connectivity index is 1.60. The van der Waals surface area contributed by atoms with E-state index in [2.05, 4.69) is 16.0 Å². The van der Waals surface area contributed by atoms with Gasteiger partial charge >= 0.3 is 0 Å². The zero-order valence-electron chi connectivity index (χ0n) is 17.9. The molecule has 1 aromatic heterocycles. The molecule has 31 heavy (non-hydrogen) atoms. The maximum absolute atomic E-state index is 12.8. The normalized spacial score (nSPS) is 23.3. The third-order valence-corrected chi connectivity index (χ3v) is 7.55. The summed E-state index contributed by atoms with van der Waals surface area (Å²) in [6.45, 7) is 3.65. The number of carbonyl (C=O) groups is 1. The van der Waals surface area contributed by atoms with Crippen LogP contribution in [-0.4, -0.2) is 55.2 Å². The first-order chi connectivity index (χ1) is 15.0. The van der Waals surface area contributed by atoms with Crippen LogP contribution in [0.4, 0.5) is 5.82 Å². The second kappa shape index (κ2) is 9.86. The van der Waals surface area contributed by atoms with Crippen LogP contribution in [0.25, 0.3) is 0 Å². The van der Waals surface area contributed by atoms with Crippen molar-refractivity contribution < 1.29 is 9.53 Å². The van der Waals surface area contributed by atoms with E-state index in [1.54, 1.807) is 13.3 Å². The minimum atomic E-state index is -0.197. The molecule has 3 heterocycles. The molecule has 0 radical (unpaired) electrons. The van der Waals surface area contributed by atoms with E-state index in [1.165, 1.54) is 0 Å². The number of likely N-dealkylation sites (tertiary alicyclic amines) is 1. The van der Waals surface area contributed by atoms with Gasteiger partial charge in [0.05, 0.1) is 16.1 Å². The number of ether oxygens (including phenoxy) is 1. The number of methoxy groups -OCH3 is 1. The van der Waals surface area contributed by atoms with Gasteiger partial charge in [0, 0.05) is 44.8 Å². The summed E-state index contributed by atoms with van der Waals surface area (Å²) in [4.78, 5) is 21.6. The second-order valence-corrected chi connectivity index (χ2v) is 9.42. The Kier molecular flexibility index (Phi) is 7.17. The van der Waals surface area contributed by atoms with Crippen LogP contribution in [0.3, 0.4) is 0 Å². The Labute approximate surface area is 194 Å². The van der Waals surface area contributed by atoms with Crippen LogP contribution in [-0.2, 0) is 14.9 Å². The second-order valence-electron chi connectivity index (χ2n) is 8.60. The number of benzene rings is 1. The van der Waals surface area contributed by atoms with Gasteiger partial charge in [0.2, 0.25) is 5.91 Å². The van der Waals surface area contributed by atoms with E-state index in [9.17, 15) is 4.79 Å². The van der Waals surface area contributed by atoms with Crippen LogP contribution in [0.1, 0.15) is 37.7 Å². The molecule has 1 unspecified atom stereocenters. The van der Waals surface area contributed by atoms with E-state index in [0.29, 0.717) is 34.9 Å². The lowest BCUT2D eigenvalue weighted by Gasteiger charge is -2.44. The van der Waals surface area contributed by atoms with Crippen molar-refractivity contribution in [1.82, 2.24) is 9.88 Å². The average molecular weight is 462 g/mol. The number of carbonyl (C=O) groups excluding carboxylic acids is 1. The van der Waals surface area contributed by atoms with Gasteiger partial charge in [0.15, 0.2) is 0 Å². The quantitative estimate of drug-likeness (QED) is 0.609. The first-order valence-corrected chi connectivity index (χ1v) is 11.7. The molecular formula is C24H29Cl2N3O2. The number of piperidine rings is 2. The molecular weight excluding hydrogens is 433 g/mol. The van der Waals surface area contributed by atoms with Gasteiger partial charge in [0.1, 0.15) is 5.82 Å². The molecule has 1 atom stereocenters. The molecule has 2 fully saturated rings. The highest BCUT2D eigenvalue weighted by Crippen LogP contribution is 2.41. The SMILES string of the molecule is COC1CCN(CCC2(c3ccc(Cl)c(Cl)c3)CCC(=O)N(c3ccccn3)C2)CC1. The molecule has 4 rings (SSSR count). The summed E-state index contributed by atoms with van der Waals surface area (Å²) in [6, 6.07) is 11.6. The summed E-state index contributed by atoms with van der Waals surface area (Å²) in [7, 11) is 1.80. The van der Waals surface area contributed by atoms with Crippen molar-refractivity contribution in [3.63, 3.8) is 0 Å². The smallest absolute Gasteiger partial charge is 0.228 e. The van der Waals surface area contributed by atoms with E-state index < -0.39 is 0 Å². The predicted molar refractivity (Wildman–Crippen MR) is 125 cm³/mol. The number of pyridine rings is 1. The lowest BCUT2D eigenvalue weighted by molar-refractivity contribution is -0.120. The molecule has 2 saturated heterocycles. The molecule has 166 valence electrons. The first-order valence-electron chi connectivity index (χ1n) is 10.9. The standard InChI is InChI=1S/C24H29Cl2N3O2/c1-31-19-8-13-28(14-9-19)15-11-24(18-5-6-20(25)21(26)16-18)10-7-23(30)29(17-24)22-4-2-3-12-27-22/h2-6,12,16,19H,7-11,13-15,17H2,1H3. The fourth-order valence-corrected chi connectivity index (χ4v) is 5.12. The zero-order valence-corrected chi connectivity index (χ0v) is 19.4. The molecule has 0 bridgehead atoms. The Morgan fingerprint density at radius 3 is 2.65 bits per heavy atom. The van der Waals surface area contributed by atoms with E-state index in [0.717, 1.165) is 50.9 Å². The fourth-order valence-electron chi connectivity index (χ4n) is 4.82. The molecule has 1 amide bonds. The van der Waals surface area contributed by atoms with Crippen molar-refractivity contribution in [3.8, 4) is 0 Å². The van der Waals surface area contributed by atoms with Gasteiger partial charge in [0.25, 0.3) is 0 Å². The van der Waals surface area contributed by atoms with Crippen molar-refractivity contribution in [3.05, 3.63) is 58.2 Å². The topological polar surface area (TPSA) is 45.7 Å². The number of hydrogen-bond donors (Lipinski definition) is 0. The Hall–Kier alpha value is -1.66. The Morgan fingerprint density at radius 1 is 1.16 bits per heavy atom. The van der Waals surface area contributed by atoms with Crippen molar-refractivity contribution in [2.24, 2.45) is 0 Å². The number of nitrogens with zero attached hydrogens (tertiary/aromatic N) is 3. The lowest BCUT2D eigenvalue weighted by Crippen LogP contribution is -2.51. The van der Waals surface area contributed by atoms with E-state index in [1.807, 2.05) is 35.2 Å². The predicted octanol–water partition coefficient (Wildman–Crippen LogP) is 4.95. The van der Waals surface area contributed by atoms with E-state index in [4.69, 9.17) is 27.9 Å². The first kappa shape index (κ1) is 22.5. The third-order valence-electron chi connectivity index (χ3n) is 6.81. The summed E-state index contributed by atoms with van der Waals surface area (Å²) in [6.07, 6.45) is 6.46. The van der Waals surface area contributed by atoms with Crippen LogP contribution < -0.4 is 4.90 Å².